The first-order valence-electron chi connectivity index (χ1n) is 4.86. The van der Waals surface area contributed by atoms with Gasteiger partial charge in [0.25, 0.3) is 0 Å². The van der Waals surface area contributed by atoms with Crippen molar-refractivity contribution < 1.29 is 17.9 Å². The van der Waals surface area contributed by atoms with Crippen molar-refractivity contribution in [3.63, 3.8) is 0 Å². The van der Waals surface area contributed by atoms with Crippen LogP contribution >= 0.6 is 15.9 Å². The van der Waals surface area contributed by atoms with Gasteiger partial charge >= 0.3 is 6.36 Å². The topological polar surface area (TPSA) is 107 Å². The molecule has 0 saturated heterocycles. The van der Waals surface area contributed by atoms with E-state index in [4.69, 9.17) is 16.4 Å². The van der Waals surface area contributed by atoms with Crippen LogP contribution in [0.25, 0.3) is 0 Å². The Morgan fingerprint density at radius 1 is 1.50 bits per heavy atom. The first-order valence-corrected chi connectivity index (χ1v) is 5.65. The van der Waals surface area contributed by atoms with Gasteiger partial charge in [-0.1, -0.05) is 15.9 Å². The van der Waals surface area contributed by atoms with Crippen LogP contribution in [0.4, 0.5) is 18.9 Å². The van der Waals surface area contributed by atoms with Gasteiger partial charge in [-0.25, -0.2) is 0 Å². The molecule has 0 fully saturated rings. The quantitative estimate of drug-likeness (QED) is 0.441. The number of nitrogens with two attached hydrogens (primary N) is 1. The van der Waals surface area contributed by atoms with Gasteiger partial charge in [0.05, 0.1) is 5.69 Å². The molecule has 0 aromatic heterocycles. The molecular formula is C10H7BrF3N5O. The van der Waals surface area contributed by atoms with E-state index in [1.807, 2.05) is 0 Å². The lowest BCUT2D eigenvalue weighted by Crippen LogP contribution is -2.22. The molecule has 4 N–H and O–H groups in total. The van der Waals surface area contributed by atoms with Crippen LogP contribution in [-0.4, -0.2) is 17.9 Å². The fraction of sp³-hybridized carbons (Fsp3) is 0.100. The highest BCUT2D eigenvalue weighted by Crippen LogP contribution is 2.32. The van der Waals surface area contributed by atoms with Crippen LogP contribution < -0.4 is 15.9 Å². The normalized spacial score (nSPS) is 11.7. The largest absolute Gasteiger partial charge is 0.573 e. The maximum Gasteiger partial charge on any atom is 0.573 e. The smallest absolute Gasteiger partial charge is 0.404 e. The monoisotopic (exact) mass is 349 g/mol. The summed E-state index contributed by atoms with van der Waals surface area (Å²) in [5, 5.41) is 19.1. The summed E-state index contributed by atoms with van der Waals surface area (Å²) in [4.78, 5) is 0. The number of alkyl halides is 3. The van der Waals surface area contributed by atoms with Crippen LogP contribution in [0, 0.1) is 16.7 Å². The number of hydrogen-bond donors (Lipinski definition) is 3. The highest BCUT2D eigenvalue weighted by atomic mass is 79.9. The fourth-order valence-corrected chi connectivity index (χ4v) is 1.43. The van der Waals surface area contributed by atoms with Gasteiger partial charge in [0, 0.05) is 4.47 Å². The van der Waals surface area contributed by atoms with E-state index in [0.717, 1.165) is 6.07 Å². The number of benzene rings is 1. The number of hydrogen-bond acceptors (Lipinski definition) is 5. The van der Waals surface area contributed by atoms with Crippen LogP contribution in [0.2, 0.25) is 0 Å². The van der Waals surface area contributed by atoms with E-state index in [1.54, 1.807) is 0 Å². The van der Waals surface area contributed by atoms with Crippen molar-refractivity contribution in [2.24, 2.45) is 10.8 Å². The van der Waals surface area contributed by atoms with Gasteiger partial charge < -0.3 is 10.5 Å². The highest BCUT2D eigenvalue weighted by molar-refractivity contribution is 9.10. The molecule has 1 aromatic rings. The Morgan fingerprint density at radius 2 is 2.15 bits per heavy atom. The van der Waals surface area contributed by atoms with Crippen LogP contribution in [0.3, 0.4) is 0 Å². The van der Waals surface area contributed by atoms with Crippen molar-refractivity contribution in [3.8, 4) is 11.8 Å². The summed E-state index contributed by atoms with van der Waals surface area (Å²) in [6.07, 6.45) is -4.87. The molecule has 0 spiro atoms. The van der Waals surface area contributed by atoms with Gasteiger partial charge in [-0.2, -0.15) is 10.4 Å². The van der Waals surface area contributed by atoms with Gasteiger partial charge in [-0.05, 0) is 18.2 Å². The third-order valence-electron chi connectivity index (χ3n) is 1.82. The van der Waals surface area contributed by atoms with Gasteiger partial charge in [-0.3, -0.25) is 10.8 Å². The van der Waals surface area contributed by atoms with E-state index in [2.05, 4.69) is 31.2 Å². The molecule has 1 aromatic carbocycles. The lowest BCUT2D eigenvalue weighted by atomic mass is 10.3. The van der Waals surface area contributed by atoms with Crippen LogP contribution in [0.5, 0.6) is 5.75 Å². The third-order valence-corrected chi connectivity index (χ3v) is 2.31. The number of ether oxygens (including phenoxy) is 1. The Morgan fingerprint density at radius 3 is 2.65 bits per heavy atom. The standard InChI is InChI=1S/C10H7BrF3N5O/c11-5-1-2-8(20-10(12,13)14)6(3-5)18-19-7(4-15)9(16)17/h1-3,18H,(H3,16,17)/b19-7+. The second kappa shape index (κ2) is 6.25. The van der Waals surface area contributed by atoms with Crippen molar-refractivity contribution in [2.75, 3.05) is 5.43 Å². The molecule has 10 heteroatoms. The van der Waals surface area contributed by atoms with Gasteiger partial charge in [0.15, 0.2) is 11.6 Å². The summed E-state index contributed by atoms with van der Waals surface area (Å²) in [5.74, 6) is -1.15. The molecular weight excluding hydrogens is 343 g/mol. The van der Waals surface area contributed by atoms with Crippen LogP contribution in [0.1, 0.15) is 0 Å². The maximum atomic E-state index is 12.2. The summed E-state index contributed by atoms with van der Waals surface area (Å²) < 4.78 is 40.9. The fourth-order valence-electron chi connectivity index (χ4n) is 1.06. The molecule has 0 aliphatic heterocycles. The van der Waals surface area contributed by atoms with E-state index in [-0.39, 0.29) is 5.69 Å². The predicted molar refractivity (Wildman–Crippen MR) is 69.4 cm³/mol. The first kappa shape index (κ1) is 15.8. The van der Waals surface area contributed by atoms with Crippen LogP contribution in [0.15, 0.2) is 27.8 Å². The summed E-state index contributed by atoms with van der Waals surface area (Å²) in [7, 11) is 0. The molecule has 0 bridgehead atoms. The zero-order valence-corrected chi connectivity index (χ0v) is 11.2. The molecule has 0 saturated carbocycles. The molecule has 0 amide bonds. The van der Waals surface area contributed by atoms with Crippen molar-refractivity contribution >= 4 is 33.2 Å². The zero-order valence-electron chi connectivity index (χ0n) is 9.62. The Balaban J connectivity index is 3.08. The minimum absolute atomic E-state index is 0.147. The summed E-state index contributed by atoms with van der Waals surface area (Å²) in [6, 6.07) is 5.19. The summed E-state index contributed by atoms with van der Waals surface area (Å²) in [5.41, 5.74) is 6.63. The van der Waals surface area contributed by atoms with E-state index < -0.39 is 23.7 Å². The first-order chi connectivity index (χ1) is 9.23. The second-order valence-corrected chi connectivity index (χ2v) is 4.20. The van der Waals surface area contributed by atoms with Gasteiger partial charge in [0.1, 0.15) is 6.07 Å². The Bertz CT molecular complexity index is 594. The average Bonchev–Trinajstić information content (AvgIpc) is 2.31. The summed E-state index contributed by atoms with van der Waals surface area (Å²) >= 11 is 3.07. The average molecular weight is 350 g/mol. The maximum absolute atomic E-state index is 12.2. The molecule has 0 heterocycles. The zero-order chi connectivity index (χ0) is 15.3. The van der Waals surface area contributed by atoms with E-state index in [9.17, 15) is 13.2 Å². The Labute approximate surface area is 119 Å². The lowest BCUT2D eigenvalue weighted by molar-refractivity contribution is -0.274. The van der Waals surface area contributed by atoms with Crippen LogP contribution in [-0.2, 0) is 0 Å². The number of amidine groups is 1. The number of rotatable bonds is 4. The SMILES string of the molecule is N#C/C(=N\Nc1cc(Br)ccc1OC(F)(F)F)C(=N)N. The highest BCUT2D eigenvalue weighted by Gasteiger charge is 2.32. The van der Waals surface area contributed by atoms with Gasteiger partial charge in [-0.15, -0.1) is 13.2 Å². The minimum Gasteiger partial charge on any atom is -0.404 e. The van der Waals surface area contributed by atoms with Crippen molar-refractivity contribution in [1.29, 1.82) is 10.7 Å². The van der Waals surface area contributed by atoms with Crippen molar-refractivity contribution in [2.45, 2.75) is 6.36 Å². The van der Waals surface area contributed by atoms with E-state index >= 15 is 0 Å². The molecule has 0 unspecified atom stereocenters. The number of nitrogens with zero attached hydrogens (tertiary/aromatic N) is 2. The van der Waals surface area contributed by atoms with E-state index in [0.29, 0.717) is 4.47 Å². The summed E-state index contributed by atoms with van der Waals surface area (Å²) in [6.45, 7) is 0. The molecule has 6 nitrogen and oxygen atoms in total. The lowest BCUT2D eigenvalue weighted by Gasteiger charge is -2.13. The molecule has 0 atom stereocenters. The molecule has 0 aliphatic rings. The Kier molecular flexibility index (Phi) is 4.93. The Hall–Kier alpha value is -2.28. The minimum atomic E-state index is -4.87. The predicted octanol–water partition coefficient (Wildman–Crippen LogP) is 2.58. The number of anilines is 1. The molecule has 0 aliphatic carbocycles. The number of halogens is 4. The van der Waals surface area contributed by atoms with Gasteiger partial charge in [0.2, 0.25) is 5.71 Å². The van der Waals surface area contributed by atoms with Crippen molar-refractivity contribution in [3.05, 3.63) is 22.7 Å². The molecule has 1 rings (SSSR count). The van der Waals surface area contributed by atoms with Crippen molar-refractivity contribution in [1.82, 2.24) is 0 Å². The molecule has 20 heavy (non-hydrogen) atoms. The number of hydrazone groups is 1. The number of nitrogens with one attached hydrogen (secondary N) is 2. The third kappa shape index (κ3) is 4.77. The number of nitriles is 1. The van der Waals surface area contributed by atoms with E-state index in [1.165, 1.54) is 18.2 Å². The molecule has 0 radical (unpaired) electrons. The second-order valence-electron chi connectivity index (χ2n) is 3.29. The molecule has 106 valence electrons.